The largest absolute Gasteiger partial charge is 0.455 e. The third kappa shape index (κ3) is 5.41. The number of esters is 1. The van der Waals surface area contributed by atoms with E-state index < -0.39 is 24.4 Å². The Morgan fingerprint density at radius 2 is 1.26 bits per heavy atom. The highest BCUT2D eigenvalue weighted by atomic mass is 35.5. The van der Waals surface area contributed by atoms with Crippen molar-refractivity contribution < 1.29 is 28.7 Å². The first kappa shape index (κ1) is 28.6. The molecule has 1 aliphatic heterocycles. The maximum atomic E-state index is 13.6. The number of benzene rings is 3. The lowest BCUT2D eigenvalue weighted by Gasteiger charge is -2.45. The fourth-order valence-corrected chi connectivity index (χ4v) is 6.86. The second-order valence-corrected chi connectivity index (χ2v) is 11.5. The van der Waals surface area contributed by atoms with Crippen LogP contribution in [0.25, 0.3) is 0 Å². The van der Waals surface area contributed by atoms with Crippen molar-refractivity contribution in [2.45, 2.75) is 37.5 Å². The molecule has 3 aromatic rings. The van der Waals surface area contributed by atoms with Crippen molar-refractivity contribution in [3.8, 4) is 0 Å². The van der Waals surface area contributed by atoms with Crippen LogP contribution in [0.4, 0.5) is 0 Å². The SMILES string of the molecule is O=C(COC(=O)CCCCCN1C(=O)[C@@H]2C3c4ccccc4C(c4ccccc43)[C@@H]2C1=O)NNC(=O)c1ccc(Cl)cc1. The Balaban J connectivity index is 0.950. The van der Waals surface area contributed by atoms with E-state index in [4.69, 9.17) is 16.3 Å². The van der Waals surface area contributed by atoms with Crippen LogP contribution in [0.2, 0.25) is 5.02 Å². The van der Waals surface area contributed by atoms with Gasteiger partial charge in [0.15, 0.2) is 6.61 Å². The number of halogens is 1. The predicted octanol–water partition coefficient (Wildman–Crippen LogP) is 4.10. The van der Waals surface area contributed by atoms with Gasteiger partial charge in [-0.3, -0.25) is 39.7 Å². The second-order valence-electron chi connectivity index (χ2n) is 11.1. The van der Waals surface area contributed by atoms with Gasteiger partial charge in [0.2, 0.25) is 11.8 Å². The summed E-state index contributed by atoms with van der Waals surface area (Å²) < 4.78 is 4.99. The number of unbranched alkanes of at least 4 members (excludes halogenated alkanes) is 2. The van der Waals surface area contributed by atoms with E-state index >= 15 is 0 Å². The summed E-state index contributed by atoms with van der Waals surface area (Å²) in [5.74, 6) is -3.01. The van der Waals surface area contributed by atoms with Crippen LogP contribution in [0.1, 0.15) is 70.1 Å². The lowest BCUT2D eigenvalue weighted by atomic mass is 9.55. The van der Waals surface area contributed by atoms with E-state index in [1.807, 2.05) is 24.3 Å². The molecule has 1 saturated heterocycles. The van der Waals surface area contributed by atoms with Gasteiger partial charge in [-0.2, -0.15) is 0 Å². The standard InChI is InChI=1S/C33H30ClN3O6/c34-20-15-13-19(14-16-20)31(40)36-35-25(38)18-43-26(39)12-2-1-7-17-37-32(41)29-27-21-8-3-4-9-22(21)28(30(29)33(37)42)24-11-6-5-10-23(24)27/h3-6,8-11,13-16,27-30H,1-2,7,12,17-18H2,(H,35,38)(H,36,40)/t27?,28?,29-,30+. The van der Waals surface area contributed by atoms with E-state index in [1.165, 1.54) is 17.0 Å². The fraction of sp³-hybridized carbons (Fsp3) is 0.303. The number of hydrogen-bond donors (Lipinski definition) is 2. The summed E-state index contributed by atoms with van der Waals surface area (Å²) in [4.78, 5) is 64.8. The van der Waals surface area contributed by atoms with Crippen LogP contribution in [-0.2, 0) is 23.9 Å². The van der Waals surface area contributed by atoms with Gasteiger partial charge in [-0.05, 0) is 59.4 Å². The first-order valence-electron chi connectivity index (χ1n) is 14.4. The van der Waals surface area contributed by atoms with Crippen molar-refractivity contribution >= 4 is 41.2 Å². The van der Waals surface area contributed by atoms with Crippen LogP contribution < -0.4 is 10.9 Å². The Kier molecular flexibility index (Phi) is 7.99. The molecule has 3 aromatic carbocycles. The number of imide groups is 1. The summed E-state index contributed by atoms with van der Waals surface area (Å²) in [5.41, 5.74) is 9.32. The molecule has 0 saturated carbocycles. The Morgan fingerprint density at radius 3 is 1.79 bits per heavy atom. The molecule has 43 heavy (non-hydrogen) atoms. The number of nitrogens with zero attached hydrogens (tertiary/aromatic N) is 1. The predicted molar refractivity (Wildman–Crippen MR) is 157 cm³/mol. The Bertz CT molecular complexity index is 1490. The molecule has 9 nitrogen and oxygen atoms in total. The number of ether oxygens (including phenoxy) is 1. The van der Waals surface area contributed by atoms with Crippen molar-refractivity contribution in [2.24, 2.45) is 11.8 Å². The Labute approximate surface area is 253 Å². The molecule has 0 spiro atoms. The molecular formula is C33H30ClN3O6. The van der Waals surface area contributed by atoms with Gasteiger partial charge in [0.1, 0.15) is 0 Å². The zero-order valence-corrected chi connectivity index (χ0v) is 24.0. The monoisotopic (exact) mass is 599 g/mol. The van der Waals surface area contributed by atoms with E-state index in [0.29, 0.717) is 36.4 Å². The van der Waals surface area contributed by atoms with Gasteiger partial charge < -0.3 is 4.74 Å². The summed E-state index contributed by atoms with van der Waals surface area (Å²) in [5, 5.41) is 0.479. The van der Waals surface area contributed by atoms with Gasteiger partial charge in [-0.15, -0.1) is 0 Å². The van der Waals surface area contributed by atoms with E-state index in [-0.39, 0.29) is 41.9 Å². The molecule has 220 valence electrons. The molecule has 2 atom stereocenters. The van der Waals surface area contributed by atoms with E-state index in [2.05, 4.69) is 35.1 Å². The maximum absolute atomic E-state index is 13.6. The van der Waals surface area contributed by atoms with E-state index in [9.17, 15) is 24.0 Å². The number of rotatable bonds is 9. The minimum atomic E-state index is -0.679. The van der Waals surface area contributed by atoms with Gasteiger partial charge in [-0.1, -0.05) is 66.6 Å². The number of likely N-dealkylation sites (tertiary alicyclic amines) is 1. The van der Waals surface area contributed by atoms with Gasteiger partial charge in [-0.25, -0.2) is 0 Å². The molecule has 7 rings (SSSR count). The molecule has 2 bridgehead atoms. The highest BCUT2D eigenvalue weighted by Crippen LogP contribution is 2.60. The zero-order chi connectivity index (χ0) is 30.1. The molecule has 0 unspecified atom stereocenters. The van der Waals surface area contributed by atoms with Crippen molar-refractivity contribution in [1.29, 1.82) is 0 Å². The van der Waals surface area contributed by atoms with Crippen molar-refractivity contribution in [2.75, 3.05) is 13.2 Å². The average molecular weight is 600 g/mol. The van der Waals surface area contributed by atoms with Crippen molar-refractivity contribution in [3.63, 3.8) is 0 Å². The van der Waals surface area contributed by atoms with E-state index in [0.717, 1.165) is 22.3 Å². The fourth-order valence-electron chi connectivity index (χ4n) is 6.73. The number of nitrogens with one attached hydrogen (secondary N) is 2. The third-order valence-electron chi connectivity index (χ3n) is 8.59. The molecule has 0 radical (unpaired) electrons. The Morgan fingerprint density at radius 1 is 0.721 bits per heavy atom. The molecule has 4 amide bonds. The molecular weight excluding hydrogens is 570 g/mol. The van der Waals surface area contributed by atoms with Gasteiger partial charge in [0.25, 0.3) is 11.8 Å². The molecule has 4 aliphatic rings. The molecule has 3 aliphatic carbocycles. The van der Waals surface area contributed by atoms with Gasteiger partial charge >= 0.3 is 5.97 Å². The van der Waals surface area contributed by atoms with Gasteiger partial charge in [0, 0.05) is 35.4 Å². The van der Waals surface area contributed by atoms with Crippen LogP contribution in [0.15, 0.2) is 72.8 Å². The summed E-state index contributed by atoms with van der Waals surface area (Å²) in [7, 11) is 0. The molecule has 10 heteroatoms. The highest BCUT2D eigenvalue weighted by molar-refractivity contribution is 6.30. The van der Waals surface area contributed by atoms with E-state index in [1.54, 1.807) is 12.1 Å². The lowest BCUT2D eigenvalue weighted by molar-refractivity contribution is -0.148. The molecule has 1 fully saturated rings. The topological polar surface area (TPSA) is 122 Å². The average Bonchev–Trinajstić information content (AvgIpc) is 3.28. The highest BCUT2D eigenvalue weighted by Gasteiger charge is 2.61. The normalized spacial score (nSPS) is 21.1. The zero-order valence-electron chi connectivity index (χ0n) is 23.3. The second kappa shape index (κ2) is 12.0. The molecule has 2 N–H and O–H groups in total. The number of amides is 4. The number of hydrogen-bond acceptors (Lipinski definition) is 6. The van der Waals surface area contributed by atoms with Crippen LogP contribution >= 0.6 is 11.6 Å². The van der Waals surface area contributed by atoms with Crippen LogP contribution in [0.3, 0.4) is 0 Å². The maximum Gasteiger partial charge on any atom is 0.306 e. The smallest absolute Gasteiger partial charge is 0.306 e. The summed E-state index contributed by atoms with van der Waals surface area (Å²) in [6, 6.07) is 22.4. The van der Waals surface area contributed by atoms with Crippen molar-refractivity contribution in [3.05, 3.63) is 106 Å². The Hall–Kier alpha value is -4.50. The van der Waals surface area contributed by atoms with Crippen molar-refractivity contribution in [1.82, 2.24) is 15.8 Å². The minimum absolute atomic E-state index is 0.0896. The number of carbonyl (C=O) groups is 5. The van der Waals surface area contributed by atoms with Crippen LogP contribution in [0.5, 0.6) is 0 Å². The first-order valence-corrected chi connectivity index (χ1v) is 14.8. The van der Waals surface area contributed by atoms with Crippen LogP contribution in [0, 0.1) is 11.8 Å². The first-order chi connectivity index (χ1) is 20.8. The van der Waals surface area contributed by atoms with Gasteiger partial charge in [0.05, 0.1) is 11.8 Å². The summed E-state index contributed by atoms with van der Waals surface area (Å²) in [6.07, 6.45) is 1.75. The lowest BCUT2D eigenvalue weighted by Crippen LogP contribution is -2.43. The molecule has 0 aromatic heterocycles. The summed E-state index contributed by atoms with van der Waals surface area (Å²) in [6.45, 7) is -0.228. The summed E-state index contributed by atoms with van der Waals surface area (Å²) >= 11 is 5.79. The third-order valence-corrected chi connectivity index (χ3v) is 8.84. The number of hydrazine groups is 1. The van der Waals surface area contributed by atoms with Crippen LogP contribution in [-0.4, -0.2) is 47.6 Å². The quantitative estimate of drug-likeness (QED) is 0.165. The molecule has 1 heterocycles. The minimum Gasteiger partial charge on any atom is -0.455 e. The number of carbonyl (C=O) groups excluding carboxylic acids is 5.